The van der Waals surface area contributed by atoms with Gasteiger partial charge in [0.1, 0.15) is 13.2 Å². The Morgan fingerprint density at radius 2 is 0.640 bits per heavy atom. The highest BCUT2D eigenvalue weighted by molar-refractivity contribution is 5.71. The van der Waals surface area contributed by atoms with Crippen molar-refractivity contribution < 1.29 is 42.9 Å². The van der Waals surface area contributed by atoms with Gasteiger partial charge in [-0.2, -0.15) is 0 Å². The van der Waals surface area contributed by atoms with E-state index in [9.17, 15) is 19.5 Å². The lowest BCUT2D eigenvalue weighted by atomic mass is 10.0. The van der Waals surface area contributed by atoms with E-state index in [1.54, 1.807) is 0 Å². The maximum atomic E-state index is 13.0. The van der Waals surface area contributed by atoms with Crippen molar-refractivity contribution in [2.24, 2.45) is 0 Å². The molecule has 1 N–H and O–H groups in total. The molecular weight excluding hydrogens is 1100 g/mol. The summed E-state index contributed by atoms with van der Waals surface area (Å²) in [6.45, 7) is 4.76. The van der Waals surface area contributed by atoms with Crippen molar-refractivity contribution in [3.63, 3.8) is 0 Å². The first-order valence-corrected chi connectivity index (χ1v) is 36.7. The molecule has 0 aliphatic heterocycles. The summed E-state index contributed by atoms with van der Waals surface area (Å²) in [6.07, 6.45) is 96.1. The van der Waals surface area contributed by atoms with Crippen molar-refractivity contribution in [3.8, 4) is 0 Å². The summed E-state index contributed by atoms with van der Waals surface area (Å²) in [5, 5.41) is 9.75. The lowest BCUT2D eigenvalue weighted by Gasteiger charge is -2.25. The summed E-state index contributed by atoms with van der Waals surface area (Å²) in [5.41, 5.74) is 0. The number of esters is 2. The topological polar surface area (TPSA) is 108 Å². The van der Waals surface area contributed by atoms with Gasteiger partial charge in [0.15, 0.2) is 6.10 Å². The van der Waals surface area contributed by atoms with Crippen LogP contribution in [0.15, 0.2) is 122 Å². The minimum atomic E-state index is -1.52. The second kappa shape index (κ2) is 69.6. The third kappa shape index (κ3) is 71.0. The molecule has 0 aromatic heterocycles. The number of hydrogen-bond acceptors (Lipinski definition) is 7. The second-order valence-electron chi connectivity index (χ2n) is 25.5. The predicted molar refractivity (Wildman–Crippen MR) is 382 cm³/mol. The molecule has 2 atom stereocenters. The summed E-state index contributed by atoms with van der Waals surface area (Å²) in [4.78, 5) is 37.6. The molecular formula is C80H138NO8+. The fourth-order valence-electron chi connectivity index (χ4n) is 10.1. The van der Waals surface area contributed by atoms with Gasteiger partial charge < -0.3 is 28.5 Å². The summed E-state index contributed by atoms with van der Waals surface area (Å²) in [6, 6.07) is 0. The van der Waals surface area contributed by atoms with Gasteiger partial charge >= 0.3 is 17.9 Å². The fraction of sp³-hybridized carbons (Fsp3) is 0.713. The highest BCUT2D eigenvalue weighted by Gasteiger charge is 2.25. The summed E-state index contributed by atoms with van der Waals surface area (Å²) in [7, 11) is 5.98. The van der Waals surface area contributed by atoms with Crippen molar-refractivity contribution in [1.29, 1.82) is 0 Å². The number of rotatable bonds is 67. The number of allylic oxidation sites excluding steroid dienone is 20. The molecule has 0 rings (SSSR count). The SMILES string of the molecule is CC/C=C\C/C=C\C/C=C\C/C=C\C/C=C\C/C=C\C/C=C\CCCCCCCCCCCCCCCCCCCCCC(=O)OC(COC(=O)CCCCCCCCCC/C=C\C/C=C\C/C=C\CCCCCCC)COC(OCC[N+](C)(C)C)C(=O)O. The molecule has 0 radical (unpaired) electrons. The van der Waals surface area contributed by atoms with E-state index in [0.29, 0.717) is 17.4 Å². The van der Waals surface area contributed by atoms with Gasteiger partial charge in [0.25, 0.3) is 6.29 Å². The van der Waals surface area contributed by atoms with Crippen LogP contribution in [-0.2, 0) is 33.3 Å². The number of aliphatic carboxylic acids is 1. The standard InChI is InChI=1S/C80H137NO8/c1-6-8-10-12-14-16-18-20-22-24-26-28-30-31-32-33-34-35-36-37-38-39-40-41-42-43-44-45-46-47-49-51-53-55-57-59-61-63-65-67-69-71-78(83)89-76(75-88-80(79(84)85)86-73-72-81(3,4)5)74-87-77(82)70-68-66-64-62-60-58-56-54-52-50-48-29-27-25-23-21-19-17-15-13-11-9-7-2/h8,10,14,16,19-22,25-28,31-32,34-35,37-38,48,50,76,80H,6-7,9,11-13,15,17-18,23-24,29-30,33,36,39-47,49,51-75H2,1-5H3/p+1/b10-8-,16-14-,21-19-,22-20-,27-25-,28-26-,32-31-,35-34-,38-37-,50-48-. The Bertz CT molecular complexity index is 1880. The van der Waals surface area contributed by atoms with Crippen LogP contribution in [0, 0.1) is 0 Å². The number of unbranched alkanes of at least 4 members (excludes halogenated alkanes) is 32. The van der Waals surface area contributed by atoms with E-state index >= 15 is 0 Å². The van der Waals surface area contributed by atoms with E-state index in [0.717, 1.165) is 109 Å². The highest BCUT2D eigenvalue weighted by atomic mass is 16.7. The van der Waals surface area contributed by atoms with Crippen molar-refractivity contribution in [2.45, 2.75) is 322 Å². The maximum absolute atomic E-state index is 13.0. The minimum Gasteiger partial charge on any atom is -0.477 e. The summed E-state index contributed by atoms with van der Waals surface area (Å²) < 4.78 is 23.0. The molecule has 0 spiro atoms. The van der Waals surface area contributed by atoms with Gasteiger partial charge in [-0.15, -0.1) is 0 Å². The Labute approximate surface area is 548 Å². The van der Waals surface area contributed by atoms with Gasteiger partial charge in [-0.3, -0.25) is 9.59 Å². The zero-order chi connectivity index (χ0) is 64.7. The monoisotopic (exact) mass is 1240 g/mol. The van der Waals surface area contributed by atoms with Crippen LogP contribution in [-0.4, -0.2) is 87.4 Å². The zero-order valence-electron chi connectivity index (χ0n) is 58.3. The van der Waals surface area contributed by atoms with Crippen LogP contribution in [0.25, 0.3) is 0 Å². The predicted octanol–water partition coefficient (Wildman–Crippen LogP) is 23.1. The molecule has 0 saturated carbocycles. The van der Waals surface area contributed by atoms with E-state index < -0.39 is 24.3 Å². The molecule has 0 bridgehead atoms. The van der Waals surface area contributed by atoms with Crippen LogP contribution in [0.5, 0.6) is 0 Å². The molecule has 0 amide bonds. The smallest absolute Gasteiger partial charge is 0.361 e. The van der Waals surface area contributed by atoms with Crippen molar-refractivity contribution >= 4 is 17.9 Å². The van der Waals surface area contributed by atoms with Gasteiger partial charge in [-0.25, -0.2) is 4.79 Å². The Hall–Kier alpha value is -4.31. The van der Waals surface area contributed by atoms with E-state index in [2.05, 4.69) is 135 Å². The lowest BCUT2D eigenvalue weighted by molar-refractivity contribution is -0.870. The Balaban J connectivity index is 4.05. The quantitative estimate of drug-likeness (QED) is 0.0211. The molecule has 9 nitrogen and oxygen atoms in total. The van der Waals surface area contributed by atoms with E-state index in [4.69, 9.17) is 18.9 Å². The van der Waals surface area contributed by atoms with Crippen LogP contribution in [0.3, 0.4) is 0 Å². The Morgan fingerprint density at radius 3 is 0.955 bits per heavy atom. The molecule has 0 aromatic carbocycles. The average Bonchev–Trinajstić information content (AvgIpc) is 3.64. The second-order valence-corrected chi connectivity index (χ2v) is 25.5. The van der Waals surface area contributed by atoms with Crippen LogP contribution < -0.4 is 0 Å². The van der Waals surface area contributed by atoms with Crippen LogP contribution in [0.1, 0.15) is 309 Å². The van der Waals surface area contributed by atoms with Gasteiger partial charge in [-0.05, 0) is 109 Å². The molecule has 0 aromatic rings. The molecule has 0 heterocycles. The molecule has 510 valence electrons. The fourth-order valence-corrected chi connectivity index (χ4v) is 10.1. The van der Waals surface area contributed by atoms with Gasteiger partial charge in [0.2, 0.25) is 0 Å². The number of quaternary nitrogens is 1. The maximum Gasteiger partial charge on any atom is 0.361 e. The van der Waals surface area contributed by atoms with Gasteiger partial charge in [0.05, 0.1) is 34.4 Å². The Kier molecular flexibility index (Phi) is 66.2. The number of carboxylic acids is 1. The molecule has 0 saturated heterocycles. The van der Waals surface area contributed by atoms with E-state index in [1.807, 2.05) is 21.1 Å². The number of hydrogen-bond donors (Lipinski definition) is 1. The van der Waals surface area contributed by atoms with Crippen molar-refractivity contribution in [1.82, 2.24) is 0 Å². The van der Waals surface area contributed by atoms with Crippen molar-refractivity contribution in [3.05, 3.63) is 122 Å². The molecule has 9 heteroatoms. The molecule has 0 aliphatic carbocycles. The largest absolute Gasteiger partial charge is 0.477 e. The minimum absolute atomic E-state index is 0.183. The number of carbonyl (C=O) groups is 3. The molecule has 2 unspecified atom stereocenters. The van der Waals surface area contributed by atoms with E-state index in [1.165, 1.54) is 173 Å². The van der Waals surface area contributed by atoms with Crippen LogP contribution >= 0.6 is 0 Å². The number of ether oxygens (including phenoxy) is 4. The number of carboxylic acid groups (broad SMARTS) is 1. The average molecular weight is 1240 g/mol. The molecule has 0 aliphatic rings. The first kappa shape index (κ1) is 84.7. The van der Waals surface area contributed by atoms with Crippen LogP contribution in [0.2, 0.25) is 0 Å². The number of nitrogens with zero attached hydrogens (tertiary/aromatic N) is 1. The summed E-state index contributed by atoms with van der Waals surface area (Å²) in [5.74, 6) is -2.01. The molecule has 89 heavy (non-hydrogen) atoms. The highest BCUT2D eigenvalue weighted by Crippen LogP contribution is 2.17. The zero-order valence-corrected chi connectivity index (χ0v) is 58.3. The number of carbonyl (C=O) groups excluding carboxylic acids is 2. The molecule has 0 fully saturated rings. The third-order valence-corrected chi connectivity index (χ3v) is 15.7. The lowest BCUT2D eigenvalue weighted by Crippen LogP contribution is -2.40. The van der Waals surface area contributed by atoms with E-state index in [-0.39, 0.29) is 32.2 Å². The van der Waals surface area contributed by atoms with Gasteiger partial charge in [-0.1, -0.05) is 309 Å². The van der Waals surface area contributed by atoms with Crippen LogP contribution in [0.4, 0.5) is 0 Å². The first-order valence-electron chi connectivity index (χ1n) is 36.7. The first-order chi connectivity index (χ1) is 43.6. The normalized spacial score (nSPS) is 13.4. The third-order valence-electron chi connectivity index (χ3n) is 15.7. The van der Waals surface area contributed by atoms with Crippen molar-refractivity contribution in [2.75, 3.05) is 47.5 Å². The number of likely N-dealkylation sites (N-methyl/N-ethyl adjacent to an activating group) is 1. The summed E-state index contributed by atoms with van der Waals surface area (Å²) >= 11 is 0. The van der Waals surface area contributed by atoms with Gasteiger partial charge in [0, 0.05) is 12.8 Å². The Morgan fingerprint density at radius 1 is 0.348 bits per heavy atom.